The molecule has 0 bridgehead atoms. The number of rotatable bonds is 4. The molecule has 0 aliphatic carbocycles. The third-order valence-corrected chi connectivity index (χ3v) is 3.31. The van der Waals surface area contributed by atoms with Crippen molar-refractivity contribution in [1.82, 2.24) is 5.32 Å². The molecule has 2 nitrogen and oxygen atoms in total. The van der Waals surface area contributed by atoms with Gasteiger partial charge in [-0.25, -0.2) is 8.78 Å². The number of halogens is 2. The summed E-state index contributed by atoms with van der Waals surface area (Å²) in [6.07, 6.45) is 3.59. The fourth-order valence-electron chi connectivity index (χ4n) is 2.22. The summed E-state index contributed by atoms with van der Waals surface area (Å²) in [6, 6.07) is 3.53. The van der Waals surface area contributed by atoms with E-state index in [0.717, 1.165) is 32.1 Å². The Morgan fingerprint density at radius 3 is 2.61 bits per heavy atom. The highest BCUT2D eigenvalue weighted by atomic mass is 19.1. The van der Waals surface area contributed by atoms with Crippen LogP contribution in [-0.4, -0.2) is 19.3 Å². The lowest BCUT2D eigenvalue weighted by atomic mass is 10.1. The molecule has 18 heavy (non-hydrogen) atoms. The van der Waals surface area contributed by atoms with Crippen molar-refractivity contribution in [3.8, 4) is 0 Å². The van der Waals surface area contributed by atoms with Crippen molar-refractivity contribution in [2.24, 2.45) is 0 Å². The van der Waals surface area contributed by atoms with E-state index in [0.29, 0.717) is 5.56 Å². The summed E-state index contributed by atoms with van der Waals surface area (Å²) < 4.78 is 31.8. The van der Waals surface area contributed by atoms with Crippen LogP contribution in [0.25, 0.3) is 0 Å². The van der Waals surface area contributed by atoms with Crippen molar-refractivity contribution in [1.29, 1.82) is 0 Å². The average molecular weight is 255 g/mol. The predicted molar refractivity (Wildman–Crippen MR) is 66.4 cm³/mol. The number of hydrogen-bond donors (Lipinski definition) is 1. The van der Waals surface area contributed by atoms with Crippen LogP contribution in [0.5, 0.6) is 0 Å². The van der Waals surface area contributed by atoms with Gasteiger partial charge in [-0.2, -0.15) is 0 Å². The first-order chi connectivity index (χ1) is 8.65. The summed E-state index contributed by atoms with van der Waals surface area (Å²) in [4.78, 5) is 0. The van der Waals surface area contributed by atoms with Gasteiger partial charge in [-0.05, 0) is 43.9 Å². The third-order valence-electron chi connectivity index (χ3n) is 3.31. The smallest absolute Gasteiger partial charge is 0.126 e. The second-order valence-corrected chi connectivity index (χ2v) is 4.82. The van der Waals surface area contributed by atoms with E-state index in [1.54, 1.807) is 0 Å². The van der Waals surface area contributed by atoms with Gasteiger partial charge in [0, 0.05) is 25.3 Å². The van der Waals surface area contributed by atoms with Gasteiger partial charge in [-0.3, -0.25) is 0 Å². The normalized spacial score (nSPS) is 21.8. The van der Waals surface area contributed by atoms with Crippen LogP contribution in [0.2, 0.25) is 0 Å². The Balaban J connectivity index is 1.88. The summed E-state index contributed by atoms with van der Waals surface area (Å²) in [5, 5.41) is 3.26. The van der Waals surface area contributed by atoms with E-state index in [1.807, 2.05) is 6.92 Å². The van der Waals surface area contributed by atoms with Crippen molar-refractivity contribution < 1.29 is 13.5 Å². The molecule has 0 aromatic heterocycles. The van der Waals surface area contributed by atoms with Crippen LogP contribution >= 0.6 is 0 Å². The van der Waals surface area contributed by atoms with E-state index >= 15 is 0 Å². The average Bonchev–Trinajstić information content (AvgIpc) is 2.36. The van der Waals surface area contributed by atoms with Gasteiger partial charge < -0.3 is 10.1 Å². The second-order valence-electron chi connectivity index (χ2n) is 4.82. The maximum Gasteiger partial charge on any atom is 0.126 e. The highest BCUT2D eigenvalue weighted by Gasteiger charge is 2.15. The lowest BCUT2D eigenvalue weighted by molar-refractivity contribution is 0.0156. The SMILES string of the molecule is CC(NCC1CCCCO1)c1cc(F)cc(F)c1. The first-order valence-corrected chi connectivity index (χ1v) is 6.46. The van der Waals surface area contributed by atoms with Gasteiger partial charge in [0.1, 0.15) is 11.6 Å². The van der Waals surface area contributed by atoms with Gasteiger partial charge in [0.05, 0.1) is 6.10 Å². The Morgan fingerprint density at radius 1 is 1.28 bits per heavy atom. The Morgan fingerprint density at radius 2 is 2.00 bits per heavy atom. The molecule has 2 rings (SSSR count). The number of ether oxygens (including phenoxy) is 1. The molecule has 2 atom stereocenters. The predicted octanol–water partition coefficient (Wildman–Crippen LogP) is 3.18. The summed E-state index contributed by atoms with van der Waals surface area (Å²) >= 11 is 0. The molecule has 1 aliphatic rings. The Kier molecular flexibility index (Phi) is 4.66. The summed E-state index contributed by atoms with van der Waals surface area (Å²) in [6.45, 7) is 3.44. The third kappa shape index (κ3) is 3.75. The van der Waals surface area contributed by atoms with Gasteiger partial charge in [-0.1, -0.05) is 0 Å². The Hall–Kier alpha value is -1.00. The molecule has 100 valence electrons. The van der Waals surface area contributed by atoms with Gasteiger partial charge in [0.25, 0.3) is 0 Å². The summed E-state index contributed by atoms with van der Waals surface area (Å²) in [5.74, 6) is -1.07. The van der Waals surface area contributed by atoms with Gasteiger partial charge in [-0.15, -0.1) is 0 Å². The lowest BCUT2D eigenvalue weighted by Gasteiger charge is -2.25. The van der Waals surface area contributed by atoms with Crippen LogP contribution in [0, 0.1) is 11.6 Å². The summed E-state index contributed by atoms with van der Waals surface area (Å²) in [5.41, 5.74) is 0.628. The zero-order valence-electron chi connectivity index (χ0n) is 10.6. The van der Waals surface area contributed by atoms with Crippen LogP contribution in [0.1, 0.15) is 37.8 Å². The quantitative estimate of drug-likeness (QED) is 0.892. The maximum absolute atomic E-state index is 13.1. The lowest BCUT2D eigenvalue weighted by Crippen LogP contribution is -2.33. The standard InChI is InChI=1S/C14H19F2NO/c1-10(11-6-12(15)8-13(16)7-11)17-9-14-4-2-3-5-18-14/h6-8,10,14,17H,2-5,9H2,1H3. The summed E-state index contributed by atoms with van der Waals surface area (Å²) in [7, 11) is 0. The van der Waals surface area contributed by atoms with Crippen LogP contribution < -0.4 is 5.32 Å². The second kappa shape index (κ2) is 6.25. The van der Waals surface area contributed by atoms with Crippen molar-refractivity contribution in [2.45, 2.75) is 38.3 Å². The van der Waals surface area contributed by atoms with Crippen LogP contribution in [-0.2, 0) is 4.74 Å². The minimum Gasteiger partial charge on any atom is -0.377 e. The molecule has 1 fully saturated rings. The number of hydrogen-bond acceptors (Lipinski definition) is 2. The Labute approximate surface area is 106 Å². The minimum absolute atomic E-state index is 0.0827. The fraction of sp³-hybridized carbons (Fsp3) is 0.571. The van der Waals surface area contributed by atoms with Crippen LogP contribution in [0.15, 0.2) is 18.2 Å². The van der Waals surface area contributed by atoms with Crippen molar-refractivity contribution in [3.63, 3.8) is 0 Å². The minimum atomic E-state index is -0.535. The first-order valence-electron chi connectivity index (χ1n) is 6.46. The molecule has 1 heterocycles. The fourth-order valence-corrected chi connectivity index (χ4v) is 2.22. The van der Waals surface area contributed by atoms with Gasteiger partial charge in [0.2, 0.25) is 0 Å². The molecule has 1 N–H and O–H groups in total. The van der Waals surface area contributed by atoms with E-state index in [-0.39, 0.29) is 12.1 Å². The van der Waals surface area contributed by atoms with Gasteiger partial charge >= 0.3 is 0 Å². The van der Waals surface area contributed by atoms with E-state index in [1.165, 1.54) is 18.6 Å². The number of benzene rings is 1. The van der Waals surface area contributed by atoms with E-state index in [2.05, 4.69) is 5.32 Å². The molecule has 0 amide bonds. The topological polar surface area (TPSA) is 21.3 Å². The van der Waals surface area contributed by atoms with E-state index in [9.17, 15) is 8.78 Å². The van der Waals surface area contributed by atoms with Crippen molar-refractivity contribution in [3.05, 3.63) is 35.4 Å². The molecule has 1 aromatic rings. The Bertz CT molecular complexity index is 371. The van der Waals surface area contributed by atoms with Gasteiger partial charge in [0.15, 0.2) is 0 Å². The van der Waals surface area contributed by atoms with Crippen molar-refractivity contribution in [2.75, 3.05) is 13.2 Å². The molecule has 1 aliphatic heterocycles. The maximum atomic E-state index is 13.1. The highest BCUT2D eigenvalue weighted by molar-refractivity contribution is 5.20. The first kappa shape index (κ1) is 13.4. The molecule has 4 heteroatoms. The molecule has 0 radical (unpaired) electrons. The van der Waals surface area contributed by atoms with Crippen LogP contribution in [0.3, 0.4) is 0 Å². The highest BCUT2D eigenvalue weighted by Crippen LogP contribution is 2.17. The molecular weight excluding hydrogens is 236 g/mol. The van der Waals surface area contributed by atoms with Crippen molar-refractivity contribution >= 4 is 0 Å². The van der Waals surface area contributed by atoms with E-state index in [4.69, 9.17) is 4.74 Å². The number of nitrogens with one attached hydrogen (secondary N) is 1. The largest absolute Gasteiger partial charge is 0.377 e. The molecule has 2 unspecified atom stereocenters. The zero-order valence-corrected chi connectivity index (χ0v) is 10.6. The molecular formula is C14H19F2NO. The van der Waals surface area contributed by atoms with Crippen LogP contribution in [0.4, 0.5) is 8.78 Å². The molecule has 0 saturated carbocycles. The van der Waals surface area contributed by atoms with E-state index < -0.39 is 11.6 Å². The zero-order chi connectivity index (χ0) is 13.0. The molecule has 1 saturated heterocycles. The molecule has 0 spiro atoms. The molecule has 1 aromatic carbocycles. The monoisotopic (exact) mass is 255 g/mol.